The van der Waals surface area contributed by atoms with Gasteiger partial charge in [0.05, 0.1) is 0 Å². The lowest BCUT2D eigenvalue weighted by Gasteiger charge is -2.51. The molecule has 0 unspecified atom stereocenters. The first-order valence-corrected chi connectivity index (χ1v) is 12.2. The molecule has 1 heterocycles. The molecule has 0 atom stereocenters. The molecule has 1 aliphatic rings. The molecule has 0 N–H and O–H groups in total. The molecule has 0 bridgehead atoms. The summed E-state index contributed by atoms with van der Waals surface area (Å²) in [7, 11) is 7.15. The zero-order chi connectivity index (χ0) is 20.1. The third-order valence-corrected chi connectivity index (χ3v) is 6.77. The first-order chi connectivity index (χ1) is 13.1. The molecule has 1 rings (SSSR count). The van der Waals surface area contributed by atoms with Crippen LogP contribution in [-0.2, 0) is 0 Å². The van der Waals surface area contributed by atoms with Gasteiger partial charge in [-0.25, -0.2) is 0 Å². The monoisotopic (exact) mass is 375 g/mol. The summed E-state index contributed by atoms with van der Waals surface area (Å²) in [5.74, 6) is 0. The van der Waals surface area contributed by atoms with Crippen LogP contribution in [0.5, 0.6) is 0 Å². The van der Waals surface area contributed by atoms with Crippen LogP contribution in [0.4, 0.5) is 0 Å². The Hall–Kier alpha value is 0.0748. The smallest absolute Gasteiger partial charge is 0.289 e. The summed E-state index contributed by atoms with van der Waals surface area (Å²) in [6.45, 7) is 8.78. The normalized spacial score (nSPS) is 17.3. The zero-order valence-corrected chi connectivity index (χ0v) is 19.7. The maximum Gasteiger partial charge on any atom is 0.289 e. The summed E-state index contributed by atoms with van der Waals surface area (Å²) in [6, 6.07) is 0. The van der Waals surface area contributed by atoms with Crippen molar-refractivity contribution in [1.29, 1.82) is 0 Å². The lowest BCUT2D eigenvalue weighted by atomic mass is 9.40. The molecule has 0 spiro atoms. The van der Waals surface area contributed by atoms with Crippen molar-refractivity contribution < 1.29 is 0 Å². The van der Waals surface area contributed by atoms with E-state index in [1.165, 1.54) is 96.0 Å². The van der Waals surface area contributed by atoms with E-state index < -0.39 is 0 Å². The van der Waals surface area contributed by atoms with Crippen LogP contribution in [0.1, 0.15) is 97.8 Å². The van der Waals surface area contributed by atoms with Crippen molar-refractivity contribution in [3.8, 4) is 0 Å². The first-order valence-electron chi connectivity index (χ1n) is 12.2. The van der Waals surface area contributed by atoms with Crippen LogP contribution < -0.4 is 0 Å². The Balaban J connectivity index is 2.71. The largest absolute Gasteiger partial charge is 0.360 e. The minimum atomic E-state index is 0.616. The van der Waals surface area contributed by atoms with Crippen LogP contribution in [0.3, 0.4) is 0 Å². The maximum atomic E-state index is 2.69. The molecule has 0 aromatic rings. The Bertz CT molecular complexity index is 295. The lowest BCUT2D eigenvalue weighted by Crippen LogP contribution is -2.74. The van der Waals surface area contributed by atoms with Crippen LogP contribution in [-0.4, -0.2) is 56.3 Å². The molecule has 1 fully saturated rings. The van der Waals surface area contributed by atoms with Crippen LogP contribution in [0, 0.1) is 0 Å². The average Bonchev–Trinajstić information content (AvgIpc) is 2.66. The van der Waals surface area contributed by atoms with E-state index in [2.05, 4.69) is 56.1 Å². The van der Waals surface area contributed by atoms with Crippen LogP contribution in [0.2, 0.25) is 19.0 Å². The number of unbranched alkanes of at least 4 members (excludes halogenated alkanes) is 9. The topological polar surface area (TPSA) is 9.72 Å². The van der Waals surface area contributed by atoms with Gasteiger partial charge in [0.25, 0.3) is 20.9 Å². The van der Waals surface area contributed by atoms with Gasteiger partial charge in [-0.2, -0.15) is 0 Å². The SMILES string of the molecule is CCCCCCB1N(C)B(CCCCCC)N(C)B(CCCCCC)N1C. The van der Waals surface area contributed by atoms with Crippen molar-refractivity contribution in [1.82, 2.24) is 14.2 Å². The van der Waals surface area contributed by atoms with Gasteiger partial charge in [-0.1, -0.05) is 97.8 Å². The van der Waals surface area contributed by atoms with Gasteiger partial charge in [-0.3, -0.25) is 0 Å². The fourth-order valence-corrected chi connectivity index (χ4v) is 4.94. The van der Waals surface area contributed by atoms with Crippen molar-refractivity contribution in [2.45, 2.75) is 117 Å². The van der Waals surface area contributed by atoms with Crippen LogP contribution >= 0.6 is 0 Å². The molecule has 156 valence electrons. The van der Waals surface area contributed by atoms with Gasteiger partial charge < -0.3 is 14.2 Å². The molecule has 0 aromatic heterocycles. The quantitative estimate of drug-likeness (QED) is 0.257. The minimum Gasteiger partial charge on any atom is -0.360 e. The zero-order valence-electron chi connectivity index (χ0n) is 19.7. The van der Waals surface area contributed by atoms with Crippen molar-refractivity contribution in [3.63, 3.8) is 0 Å². The van der Waals surface area contributed by atoms with Gasteiger partial charge in [0.15, 0.2) is 0 Å². The molecule has 0 aromatic carbocycles. The molecule has 27 heavy (non-hydrogen) atoms. The van der Waals surface area contributed by atoms with Crippen molar-refractivity contribution in [2.75, 3.05) is 21.1 Å². The molecule has 3 nitrogen and oxygen atoms in total. The van der Waals surface area contributed by atoms with Gasteiger partial charge in [0, 0.05) is 0 Å². The molecule has 0 radical (unpaired) electrons. The average molecular weight is 375 g/mol. The standard InChI is InChI=1S/C21H48B3N3/c1-7-10-13-16-19-22-25(4)23(20-17-14-11-8-2)27(6)24(26(22)5)21-18-15-12-9-3/h7-21H2,1-6H3. The highest BCUT2D eigenvalue weighted by atomic mass is 15.3. The highest BCUT2D eigenvalue weighted by Gasteiger charge is 2.46. The van der Waals surface area contributed by atoms with Crippen molar-refractivity contribution >= 4 is 20.9 Å². The van der Waals surface area contributed by atoms with E-state index in [-0.39, 0.29) is 0 Å². The summed E-state index contributed by atoms with van der Waals surface area (Å²) in [6.07, 6.45) is 20.5. The van der Waals surface area contributed by atoms with Gasteiger partial charge in [-0.05, 0) is 40.1 Å². The Morgan fingerprint density at radius 2 is 0.667 bits per heavy atom. The second-order valence-corrected chi connectivity index (χ2v) is 8.99. The van der Waals surface area contributed by atoms with E-state index >= 15 is 0 Å². The molecule has 0 saturated carbocycles. The number of hydrogen-bond donors (Lipinski definition) is 0. The number of hydrogen-bond acceptors (Lipinski definition) is 3. The van der Waals surface area contributed by atoms with E-state index in [1.54, 1.807) is 0 Å². The second kappa shape index (κ2) is 15.0. The molecular weight excluding hydrogens is 327 g/mol. The van der Waals surface area contributed by atoms with Gasteiger partial charge in [-0.15, -0.1) is 0 Å². The highest BCUT2D eigenvalue weighted by Crippen LogP contribution is 2.26. The predicted molar refractivity (Wildman–Crippen MR) is 127 cm³/mol. The number of rotatable bonds is 15. The molecule has 1 saturated heterocycles. The third-order valence-electron chi connectivity index (χ3n) is 6.77. The van der Waals surface area contributed by atoms with Crippen molar-refractivity contribution in [3.05, 3.63) is 0 Å². The Morgan fingerprint density at radius 1 is 0.407 bits per heavy atom. The van der Waals surface area contributed by atoms with E-state index in [0.717, 1.165) is 0 Å². The van der Waals surface area contributed by atoms with E-state index in [0.29, 0.717) is 20.9 Å². The molecule has 6 heteroatoms. The predicted octanol–water partition coefficient (Wildman–Crippen LogP) is 6.00. The Labute approximate surface area is 173 Å². The fraction of sp³-hybridized carbons (Fsp3) is 1.00. The summed E-state index contributed by atoms with van der Waals surface area (Å²) in [4.78, 5) is 0. The van der Waals surface area contributed by atoms with E-state index in [4.69, 9.17) is 0 Å². The molecule has 0 amide bonds. The van der Waals surface area contributed by atoms with Gasteiger partial charge in [0.1, 0.15) is 0 Å². The van der Waals surface area contributed by atoms with Crippen LogP contribution in [0.25, 0.3) is 0 Å². The first kappa shape index (κ1) is 25.1. The Morgan fingerprint density at radius 3 is 0.889 bits per heavy atom. The summed E-state index contributed by atoms with van der Waals surface area (Å²) < 4.78 is 8.08. The van der Waals surface area contributed by atoms with Crippen LogP contribution in [0.15, 0.2) is 0 Å². The van der Waals surface area contributed by atoms with E-state index in [1.807, 2.05) is 0 Å². The third kappa shape index (κ3) is 8.54. The minimum absolute atomic E-state index is 0.616. The summed E-state index contributed by atoms with van der Waals surface area (Å²) >= 11 is 0. The Kier molecular flexibility index (Phi) is 13.9. The second-order valence-electron chi connectivity index (χ2n) is 8.99. The maximum absolute atomic E-state index is 2.69. The molecule has 1 aliphatic heterocycles. The molecular formula is C21H48B3N3. The summed E-state index contributed by atoms with van der Waals surface area (Å²) in [5, 5.41) is 0. The van der Waals surface area contributed by atoms with Crippen molar-refractivity contribution in [2.24, 2.45) is 0 Å². The lowest BCUT2D eigenvalue weighted by molar-refractivity contribution is 0.507. The fourth-order valence-electron chi connectivity index (χ4n) is 4.94. The summed E-state index contributed by atoms with van der Waals surface area (Å²) in [5.41, 5.74) is 0. The number of nitrogens with zero attached hydrogens (tertiary/aromatic N) is 3. The molecule has 0 aliphatic carbocycles. The highest BCUT2D eigenvalue weighted by molar-refractivity contribution is 6.85. The van der Waals surface area contributed by atoms with Gasteiger partial charge in [0.2, 0.25) is 0 Å². The van der Waals surface area contributed by atoms with E-state index in [9.17, 15) is 0 Å². The van der Waals surface area contributed by atoms with Gasteiger partial charge >= 0.3 is 0 Å².